The van der Waals surface area contributed by atoms with Crippen LogP contribution < -0.4 is 15.0 Å². The van der Waals surface area contributed by atoms with Gasteiger partial charge in [-0.3, -0.25) is 9.69 Å². The number of nitrogens with one attached hydrogen (secondary N) is 1. The van der Waals surface area contributed by atoms with E-state index in [0.717, 1.165) is 55.0 Å². The topological polar surface area (TPSA) is 62.6 Å². The number of benzene rings is 1. The molecule has 0 unspecified atom stereocenters. The van der Waals surface area contributed by atoms with Gasteiger partial charge in [-0.25, -0.2) is 4.98 Å². The molecule has 3 heterocycles. The summed E-state index contributed by atoms with van der Waals surface area (Å²) >= 11 is 6.13. The molecule has 7 nitrogen and oxygen atoms in total. The van der Waals surface area contributed by atoms with Crippen molar-refractivity contribution in [3.05, 3.63) is 52.8 Å². The Labute approximate surface area is 225 Å². The van der Waals surface area contributed by atoms with Gasteiger partial charge < -0.3 is 19.5 Å². The molecule has 1 fully saturated rings. The molecule has 1 saturated heterocycles. The fourth-order valence-electron chi connectivity index (χ4n) is 4.71. The summed E-state index contributed by atoms with van der Waals surface area (Å²) in [5, 5.41) is 3.88. The molecular weight excluding hydrogens is 519 g/mol. The van der Waals surface area contributed by atoms with Crippen LogP contribution >= 0.6 is 11.6 Å². The third kappa shape index (κ3) is 6.35. The van der Waals surface area contributed by atoms with Gasteiger partial charge in [0.15, 0.2) is 0 Å². The highest BCUT2D eigenvalue weighted by Gasteiger charge is 2.32. The van der Waals surface area contributed by atoms with E-state index in [2.05, 4.69) is 33.6 Å². The van der Waals surface area contributed by atoms with Crippen LogP contribution in [0.15, 0.2) is 36.7 Å². The number of hydrogen-bond donors (Lipinski definition) is 1. The van der Waals surface area contributed by atoms with Crippen molar-refractivity contribution in [2.75, 3.05) is 51.3 Å². The van der Waals surface area contributed by atoms with E-state index in [9.17, 15) is 18.0 Å². The van der Waals surface area contributed by atoms with Gasteiger partial charge in [0.25, 0.3) is 5.91 Å². The highest BCUT2D eigenvalue weighted by atomic mass is 35.5. The molecule has 206 valence electrons. The molecule has 0 aliphatic carbocycles. The Bertz CT molecular complexity index is 1270. The van der Waals surface area contributed by atoms with E-state index < -0.39 is 11.7 Å². The predicted octanol–water partition coefficient (Wildman–Crippen LogP) is 5.32. The summed E-state index contributed by atoms with van der Waals surface area (Å²) in [4.78, 5) is 21.1. The number of carbonyl (C=O) groups is 1. The lowest BCUT2D eigenvalue weighted by atomic mass is 10.1. The lowest BCUT2D eigenvalue weighted by molar-refractivity contribution is -0.137. The van der Waals surface area contributed by atoms with Gasteiger partial charge in [0, 0.05) is 57.0 Å². The Balaban J connectivity index is 1.37. The van der Waals surface area contributed by atoms with Gasteiger partial charge in [0.1, 0.15) is 11.6 Å². The lowest BCUT2D eigenvalue weighted by Crippen LogP contribution is -2.47. The number of fused-ring (bicyclic) bond motifs is 1. The number of halogens is 4. The maximum atomic E-state index is 12.9. The molecule has 0 radical (unpaired) electrons. The minimum atomic E-state index is -4.47. The molecule has 2 aromatic heterocycles. The number of ether oxygens (including phenoxy) is 1. The molecule has 3 aromatic rings. The number of nitrogens with zero attached hydrogens (tertiary/aromatic N) is 4. The molecule has 1 aliphatic rings. The largest absolute Gasteiger partial charge is 0.495 e. The Morgan fingerprint density at radius 2 is 1.92 bits per heavy atom. The Hall–Kier alpha value is -2.98. The summed E-state index contributed by atoms with van der Waals surface area (Å²) in [5.74, 6) is 1.36. The van der Waals surface area contributed by atoms with Crippen LogP contribution in [0.3, 0.4) is 0 Å². The fraction of sp³-hybridized carbons (Fsp3) is 0.481. The predicted molar refractivity (Wildman–Crippen MR) is 143 cm³/mol. The van der Waals surface area contributed by atoms with E-state index in [-0.39, 0.29) is 10.9 Å². The van der Waals surface area contributed by atoms with Crippen molar-refractivity contribution in [1.29, 1.82) is 0 Å². The molecule has 1 aromatic carbocycles. The number of piperazine rings is 1. The molecule has 38 heavy (non-hydrogen) atoms. The van der Waals surface area contributed by atoms with Gasteiger partial charge >= 0.3 is 6.18 Å². The van der Waals surface area contributed by atoms with Crippen LogP contribution in [-0.2, 0) is 12.7 Å². The number of aromatic nitrogens is 2. The molecule has 1 N–H and O–H groups in total. The number of pyridine rings is 1. The van der Waals surface area contributed by atoms with E-state index in [0.29, 0.717) is 43.5 Å². The third-order valence-electron chi connectivity index (χ3n) is 6.69. The summed E-state index contributed by atoms with van der Waals surface area (Å²) in [5.41, 5.74) is 0.686. The molecule has 11 heteroatoms. The van der Waals surface area contributed by atoms with Crippen LogP contribution in [-0.4, -0.2) is 66.7 Å². The van der Waals surface area contributed by atoms with Crippen molar-refractivity contribution in [2.24, 2.45) is 5.92 Å². The number of alkyl halides is 3. The van der Waals surface area contributed by atoms with Crippen molar-refractivity contribution in [3.63, 3.8) is 0 Å². The van der Waals surface area contributed by atoms with Crippen molar-refractivity contribution in [1.82, 2.24) is 19.8 Å². The molecule has 0 bridgehead atoms. The number of para-hydroxylation sites is 1. The van der Waals surface area contributed by atoms with Gasteiger partial charge in [0.05, 0.1) is 28.8 Å². The minimum absolute atomic E-state index is 0.00921. The summed E-state index contributed by atoms with van der Waals surface area (Å²) < 4.78 is 46.4. The smallest absolute Gasteiger partial charge is 0.417 e. The number of rotatable bonds is 9. The molecule has 1 aliphatic heterocycles. The minimum Gasteiger partial charge on any atom is -0.495 e. The first kappa shape index (κ1) is 28.0. The zero-order chi connectivity index (χ0) is 27.4. The van der Waals surface area contributed by atoms with E-state index in [1.165, 1.54) is 0 Å². The van der Waals surface area contributed by atoms with Crippen LogP contribution in [0.1, 0.15) is 36.2 Å². The van der Waals surface area contributed by atoms with Crippen molar-refractivity contribution in [3.8, 4) is 5.75 Å². The lowest BCUT2D eigenvalue weighted by Gasteiger charge is -2.35. The zero-order valence-corrected chi connectivity index (χ0v) is 22.6. The monoisotopic (exact) mass is 551 g/mol. The van der Waals surface area contributed by atoms with Crippen molar-refractivity contribution < 1.29 is 22.7 Å². The third-order valence-corrected chi connectivity index (χ3v) is 6.97. The summed E-state index contributed by atoms with van der Waals surface area (Å²) in [6.07, 6.45) is -0.880. The summed E-state index contributed by atoms with van der Waals surface area (Å²) in [7, 11) is 1.63. The Kier molecular flexibility index (Phi) is 8.72. The Morgan fingerprint density at radius 3 is 2.55 bits per heavy atom. The van der Waals surface area contributed by atoms with Gasteiger partial charge in [-0.15, -0.1) is 0 Å². The van der Waals surface area contributed by atoms with E-state index in [1.807, 2.05) is 29.3 Å². The average Bonchev–Trinajstić information content (AvgIpc) is 3.26. The standard InChI is InChI=1S/C27H33ClF3N5O2/c1-18(2)15-33-26(37)21-17-36(24-20(21)6-4-7-23(24)38-3)9-5-8-34-10-12-35(13-11-34)25-22(28)14-19(16-32-25)27(29,30)31/h4,6-7,14,16-18H,5,8-13,15H2,1-3H3,(H,33,37). The summed E-state index contributed by atoms with van der Waals surface area (Å²) in [6.45, 7) is 9.01. The quantitative estimate of drug-likeness (QED) is 0.390. The molecule has 0 saturated carbocycles. The zero-order valence-electron chi connectivity index (χ0n) is 21.8. The maximum absolute atomic E-state index is 12.9. The number of amides is 1. The highest BCUT2D eigenvalue weighted by Crippen LogP contribution is 2.34. The first-order valence-corrected chi connectivity index (χ1v) is 13.1. The van der Waals surface area contributed by atoms with Crippen LogP contribution in [0, 0.1) is 5.92 Å². The van der Waals surface area contributed by atoms with Gasteiger partial charge in [-0.2, -0.15) is 13.2 Å². The van der Waals surface area contributed by atoms with E-state index in [4.69, 9.17) is 16.3 Å². The first-order chi connectivity index (χ1) is 18.1. The first-order valence-electron chi connectivity index (χ1n) is 12.7. The Morgan fingerprint density at radius 1 is 1.18 bits per heavy atom. The van der Waals surface area contributed by atoms with Gasteiger partial charge in [-0.1, -0.05) is 37.6 Å². The highest BCUT2D eigenvalue weighted by molar-refractivity contribution is 6.33. The number of hydrogen-bond acceptors (Lipinski definition) is 5. The summed E-state index contributed by atoms with van der Waals surface area (Å²) in [6, 6.07) is 6.66. The maximum Gasteiger partial charge on any atom is 0.417 e. The molecular formula is C27H33ClF3N5O2. The number of methoxy groups -OCH3 is 1. The SMILES string of the molecule is COc1cccc2c(C(=O)NCC(C)C)cn(CCCN3CCN(c4ncc(C(F)(F)F)cc4Cl)CC3)c12. The fourth-order valence-corrected chi connectivity index (χ4v) is 4.99. The van der Waals surface area contributed by atoms with Crippen LogP contribution in [0.5, 0.6) is 5.75 Å². The van der Waals surface area contributed by atoms with Crippen molar-refractivity contribution in [2.45, 2.75) is 33.0 Å². The van der Waals surface area contributed by atoms with Gasteiger partial charge in [0.2, 0.25) is 0 Å². The number of aryl methyl sites for hydroxylation is 1. The normalized spacial score (nSPS) is 14.9. The second-order valence-corrected chi connectivity index (χ2v) is 10.3. The second-order valence-electron chi connectivity index (χ2n) is 9.91. The molecule has 0 atom stereocenters. The van der Waals surface area contributed by atoms with Crippen LogP contribution in [0.2, 0.25) is 5.02 Å². The molecule has 4 rings (SSSR count). The van der Waals surface area contributed by atoms with Gasteiger partial charge in [-0.05, 0) is 31.0 Å². The van der Waals surface area contributed by atoms with Crippen LogP contribution in [0.4, 0.5) is 19.0 Å². The van der Waals surface area contributed by atoms with E-state index in [1.54, 1.807) is 7.11 Å². The average molecular weight is 552 g/mol. The van der Waals surface area contributed by atoms with Crippen molar-refractivity contribution >= 4 is 34.2 Å². The molecule has 0 spiro atoms. The second kappa shape index (κ2) is 11.8. The van der Waals surface area contributed by atoms with E-state index >= 15 is 0 Å². The molecule has 1 amide bonds. The number of anilines is 1. The number of carbonyl (C=O) groups excluding carboxylic acids is 1. The van der Waals surface area contributed by atoms with Crippen LogP contribution in [0.25, 0.3) is 10.9 Å².